The molecule has 2 aromatic heterocycles. The van der Waals surface area contributed by atoms with Gasteiger partial charge in [-0.2, -0.15) is 10.1 Å². The summed E-state index contributed by atoms with van der Waals surface area (Å²) in [5, 5.41) is 18.3. The number of carboxylic acid groups (broad SMARTS) is 1. The van der Waals surface area contributed by atoms with Crippen LogP contribution in [0.25, 0.3) is 17.2 Å². The van der Waals surface area contributed by atoms with Gasteiger partial charge in [0, 0.05) is 24.2 Å². The van der Waals surface area contributed by atoms with E-state index < -0.39 is 5.97 Å². The van der Waals surface area contributed by atoms with Crippen LogP contribution in [-0.4, -0.2) is 55.5 Å². The zero-order valence-electron chi connectivity index (χ0n) is 22.8. The molecule has 0 amide bonds. The Hall–Kier alpha value is -3.26. The molecule has 1 N–H and O–H groups in total. The standard InChI is InChI=1S/C30H39N5O3/c1-4-35-25(18-22-8-6-5-7-9-22)19-27(32-35)29-31-28(33-38-29)24-16-20(2)26(21(3)17-24)12-15-34-13-10-23(11-14-34)30(36)37/h6,8-9,16-17,19-20,23,26H,4-5,7,10-15,18H2,1-3H3,(H,36,37). The second-order valence-corrected chi connectivity index (χ2v) is 10.9. The SMILES string of the molecule is CCn1nc(-c2nc(C3=CC(C)C(CCN4CCC(C(=O)O)CC4)C(C)=C3)no2)cc1CC1=CCCC=C1. The fourth-order valence-corrected chi connectivity index (χ4v) is 6.00. The first-order valence-corrected chi connectivity index (χ1v) is 14.0. The molecule has 38 heavy (non-hydrogen) atoms. The van der Waals surface area contributed by atoms with Crippen LogP contribution >= 0.6 is 0 Å². The van der Waals surface area contributed by atoms with E-state index in [2.05, 4.69) is 67.3 Å². The predicted molar refractivity (Wildman–Crippen MR) is 147 cm³/mol. The Kier molecular flexibility index (Phi) is 8.07. The van der Waals surface area contributed by atoms with Crippen molar-refractivity contribution in [2.24, 2.45) is 17.8 Å². The smallest absolute Gasteiger partial charge is 0.306 e. The van der Waals surface area contributed by atoms with Crippen LogP contribution in [0.2, 0.25) is 0 Å². The lowest BCUT2D eigenvalue weighted by Gasteiger charge is -2.33. The van der Waals surface area contributed by atoms with Gasteiger partial charge in [-0.15, -0.1) is 0 Å². The minimum atomic E-state index is -0.652. The van der Waals surface area contributed by atoms with Crippen molar-refractivity contribution in [1.29, 1.82) is 0 Å². The highest BCUT2D eigenvalue weighted by Gasteiger charge is 2.28. The van der Waals surface area contributed by atoms with Crippen LogP contribution in [0.1, 0.15) is 64.4 Å². The van der Waals surface area contributed by atoms with Gasteiger partial charge in [0.1, 0.15) is 0 Å². The van der Waals surface area contributed by atoms with Crippen molar-refractivity contribution in [2.45, 2.75) is 65.8 Å². The zero-order chi connectivity index (χ0) is 26.6. The van der Waals surface area contributed by atoms with E-state index in [-0.39, 0.29) is 5.92 Å². The Morgan fingerprint density at radius 1 is 1.24 bits per heavy atom. The lowest BCUT2D eigenvalue weighted by molar-refractivity contribution is -0.143. The summed E-state index contributed by atoms with van der Waals surface area (Å²) in [4.78, 5) is 18.4. The van der Waals surface area contributed by atoms with Crippen LogP contribution in [0.4, 0.5) is 0 Å². The number of carbonyl (C=O) groups is 1. The molecule has 0 bridgehead atoms. The number of carboxylic acids is 1. The zero-order valence-corrected chi connectivity index (χ0v) is 22.8. The lowest BCUT2D eigenvalue weighted by Crippen LogP contribution is -2.37. The summed E-state index contributed by atoms with van der Waals surface area (Å²) in [6, 6.07) is 2.07. The molecule has 5 rings (SSSR count). The highest BCUT2D eigenvalue weighted by molar-refractivity contribution is 5.72. The maximum atomic E-state index is 11.2. The second-order valence-electron chi connectivity index (χ2n) is 10.9. The molecular weight excluding hydrogens is 478 g/mol. The third-order valence-corrected chi connectivity index (χ3v) is 8.26. The number of hydrogen-bond acceptors (Lipinski definition) is 6. The summed E-state index contributed by atoms with van der Waals surface area (Å²) in [5.41, 5.74) is 5.51. The van der Waals surface area contributed by atoms with Gasteiger partial charge in [-0.25, -0.2) is 0 Å². The Labute approximate surface area is 224 Å². The Bertz CT molecular complexity index is 1270. The number of aryl methyl sites for hydroxylation is 1. The first-order valence-electron chi connectivity index (χ1n) is 14.0. The third-order valence-electron chi connectivity index (χ3n) is 8.26. The van der Waals surface area contributed by atoms with E-state index in [9.17, 15) is 9.90 Å². The van der Waals surface area contributed by atoms with E-state index in [4.69, 9.17) is 14.6 Å². The molecule has 202 valence electrons. The van der Waals surface area contributed by atoms with Crippen LogP contribution in [0.15, 0.2) is 52.1 Å². The van der Waals surface area contributed by atoms with Crippen molar-refractivity contribution in [2.75, 3.05) is 19.6 Å². The van der Waals surface area contributed by atoms with E-state index in [1.165, 1.54) is 11.1 Å². The van der Waals surface area contributed by atoms with Crippen LogP contribution in [-0.2, 0) is 17.8 Å². The first-order chi connectivity index (χ1) is 18.4. The van der Waals surface area contributed by atoms with Crippen LogP contribution in [0.3, 0.4) is 0 Å². The van der Waals surface area contributed by atoms with E-state index in [1.807, 2.05) is 4.68 Å². The second kappa shape index (κ2) is 11.6. The monoisotopic (exact) mass is 517 g/mol. The maximum absolute atomic E-state index is 11.2. The molecule has 2 atom stereocenters. The number of allylic oxidation sites excluding steroid dienone is 8. The molecule has 0 radical (unpaired) electrons. The fraction of sp³-hybridized carbons (Fsp3) is 0.533. The summed E-state index contributed by atoms with van der Waals surface area (Å²) in [5.74, 6) is 1.03. The molecule has 0 saturated carbocycles. The van der Waals surface area contributed by atoms with Gasteiger partial charge in [0.2, 0.25) is 5.82 Å². The van der Waals surface area contributed by atoms with E-state index in [0.717, 1.165) is 81.7 Å². The van der Waals surface area contributed by atoms with Crippen molar-refractivity contribution in [3.63, 3.8) is 0 Å². The van der Waals surface area contributed by atoms with Crippen molar-refractivity contribution in [3.05, 3.63) is 59.1 Å². The molecule has 8 heteroatoms. The molecular formula is C30H39N5O3. The molecule has 1 saturated heterocycles. The van der Waals surface area contributed by atoms with Crippen molar-refractivity contribution in [1.82, 2.24) is 24.8 Å². The van der Waals surface area contributed by atoms with Gasteiger partial charge >= 0.3 is 5.97 Å². The molecule has 2 aliphatic carbocycles. The maximum Gasteiger partial charge on any atom is 0.306 e. The fourth-order valence-electron chi connectivity index (χ4n) is 6.00. The average molecular weight is 518 g/mol. The Balaban J connectivity index is 1.23. The van der Waals surface area contributed by atoms with E-state index in [1.54, 1.807) is 0 Å². The molecule has 2 aromatic rings. The molecule has 0 aromatic carbocycles. The number of likely N-dealkylation sites (tertiary alicyclic amines) is 1. The van der Waals surface area contributed by atoms with Crippen LogP contribution < -0.4 is 0 Å². The first kappa shape index (κ1) is 26.4. The number of aliphatic carboxylic acids is 1. The normalized spacial score (nSPS) is 22.8. The molecule has 8 nitrogen and oxygen atoms in total. The average Bonchev–Trinajstić information content (AvgIpc) is 3.56. The van der Waals surface area contributed by atoms with Gasteiger partial charge < -0.3 is 14.5 Å². The number of nitrogens with zero attached hydrogens (tertiary/aromatic N) is 5. The minimum absolute atomic E-state index is 0.180. The van der Waals surface area contributed by atoms with Gasteiger partial charge in [0.25, 0.3) is 5.89 Å². The van der Waals surface area contributed by atoms with Crippen molar-refractivity contribution in [3.8, 4) is 11.6 Å². The highest BCUT2D eigenvalue weighted by atomic mass is 16.5. The largest absolute Gasteiger partial charge is 0.481 e. The third kappa shape index (κ3) is 5.90. The number of rotatable bonds is 9. The van der Waals surface area contributed by atoms with Gasteiger partial charge in [-0.1, -0.05) is 48.0 Å². The predicted octanol–water partition coefficient (Wildman–Crippen LogP) is 5.55. The topological polar surface area (TPSA) is 97.3 Å². The van der Waals surface area contributed by atoms with Gasteiger partial charge in [-0.3, -0.25) is 9.48 Å². The summed E-state index contributed by atoms with van der Waals surface area (Å²) in [6.45, 7) is 10.1. The number of aromatic nitrogens is 4. The molecule has 3 aliphatic rings. The van der Waals surface area contributed by atoms with Gasteiger partial charge in [-0.05, 0) is 89.1 Å². The number of hydrogen-bond donors (Lipinski definition) is 1. The molecule has 1 aliphatic heterocycles. The molecule has 0 spiro atoms. The van der Waals surface area contributed by atoms with E-state index >= 15 is 0 Å². The molecule has 3 heterocycles. The van der Waals surface area contributed by atoms with E-state index in [0.29, 0.717) is 23.6 Å². The van der Waals surface area contributed by atoms with Crippen LogP contribution in [0, 0.1) is 17.8 Å². The summed E-state index contributed by atoms with van der Waals surface area (Å²) in [6.07, 6.45) is 16.8. The summed E-state index contributed by atoms with van der Waals surface area (Å²) < 4.78 is 7.69. The van der Waals surface area contributed by atoms with Gasteiger partial charge in [0.15, 0.2) is 5.69 Å². The minimum Gasteiger partial charge on any atom is -0.481 e. The lowest BCUT2D eigenvalue weighted by atomic mass is 9.79. The van der Waals surface area contributed by atoms with Crippen LogP contribution in [0.5, 0.6) is 0 Å². The molecule has 2 unspecified atom stereocenters. The summed E-state index contributed by atoms with van der Waals surface area (Å²) >= 11 is 0. The Morgan fingerprint density at radius 3 is 2.74 bits per heavy atom. The van der Waals surface area contributed by atoms with Crippen molar-refractivity contribution < 1.29 is 14.4 Å². The highest BCUT2D eigenvalue weighted by Crippen LogP contribution is 2.35. The quantitative estimate of drug-likeness (QED) is 0.465. The summed E-state index contributed by atoms with van der Waals surface area (Å²) in [7, 11) is 0. The number of piperidine rings is 1. The Morgan fingerprint density at radius 2 is 2.05 bits per heavy atom. The van der Waals surface area contributed by atoms with Gasteiger partial charge in [0.05, 0.1) is 5.92 Å². The molecule has 1 fully saturated rings. The van der Waals surface area contributed by atoms with Crippen molar-refractivity contribution >= 4 is 11.5 Å².